The summed E-state index contributed by atoms with van der Waals surface area (Å²) >= 11 is 0. The Labute approximate surface area is 455 Å². The largest absolute Gasteiger partial charge is 0.466 e. The maximum atomic E-state index is 12.5. The lowest BCUT2D eigenvalue weighted by molar-refractivity contribution is -0.143. The number of rotatable bonds is 61. The third-order valence-electron chi connectivity index (χ3n) is 15.1. The normalized spacial score (nSPS) is 12.8. The van der Waals surface area contributed by atoms with Gasteiger partial charge in [-0.15, -0.1) is 0 Å². The number of esters is 1. The van der Waals surface area contributed by atoms with Gasteiger partial charge in [0.05, 0.1) is 25.4 Å². The Bertz CT molecular complexity index is 1180. The molecule has 0 aromatic heterocycles. The highest BCUT2D eigenvalue weighted by Crippen LogP contribution is 2.17. The lowest BCUT2D eigenvalue weighted by Crippen LogP contribution is -2.45. The predicted molar refractivity (Wildman–Crippen MR) is 319 cm³/mol. The van der Waals surface area contributed by atoms with Gasteiger partial charge >= 0.3 is 5.97 Å². The molecule has 3 N–H and O–H groups in total. The van der Waals surface area contributed by atoms with Crippen LogP contribution in [-0.4, -0.2) is 47.4 Å². The van der Waals surface area contributed by atoms with Gasteiger partial charge in [0.1, 0.15) is 0 Å². The van der Waals surface area contributed by atoms with Crippen molar-refractivity contribution in [2.75, 3.05) is 13.2 Å². The first-order chi connectivity index (χ1) is 36.0. The van der Waals surface area contributed by atoms with Gasteiger partial charge in [-0.05, 0) is 83.5 Å². The summed E-state index contributed by atoms with van der Waals surface area (Å²) in [5.41, 5.74) is 0. The Morgan fingerprint density at radius 2 is 0.644 bits per heavy atom. The maximum Gasteiger partial charge on any atom is 0.305 e. The van der Waals surface area contributed by atoms with Gasteiger partial charge in [0.2, 0.25) is 5.91 Å². The number of ether oxygens (including phenoxy) is 1. The molecule has 0 aromatic rings. The first-order valence-corrected chi connectivity index (χ1v) is 32.8. The molecule has 0 aliphatic heterocycles. The number of aliphatic hydroxyl groups excluding tert-OH is 2. The summed E-state index contributed by atoms with van der Waals surface area (Å²) in [4.78, 5) is 24.6. The van der Waals surface area contributed by atoms with Crippen LogP contribution in [0.25, 0.3) is 0 Å². The molecular weight excluding hydrogens is 899 g/mol. The molecular formula is C67H127NO5. The molecule has 0 spiro atoms. The number of amides is 1. The Morgan fingerprint density at radius 3 is 0.973 bits per heavy atom. The van der Waals surface area contributed by atoms with Crippen molar-refractivity contribution in [1.29, 1.82) is 0 Å². The zero-order chi connectivity index (χ0) is 52.9. The molecule has 2 atom stereocenters. The van der Waals surface area contributed by atoms with Gasteiger partial charge in [-0.2, -0.15) is 0 Å². The summed E-state index contributed by atoms with van der Waals surface area (Å²) in [5.74, 6) is -0.0715. The van der Waals surface area contributed by atoms with Gasteiger partial charge in [0, 0.05) is 12.8 Å². The van der Waals surface area contributed by atoms with E-state index in [9.17, 15) is 19.8 Å². The van der Waals surface area contributed by atoms with Gasteiger partial charge in [-0.25, -0.2) is 0 Å². The van der Waals surface area contributed by atoms with Crippen LogP contribution in [0.1, 0.15) is 354 Å². The van der Waals surface area contributed by atoms with E-state index in [2.05, 4.69) is 43.5 Å². The lowest BCUT2D eigenvalue weighted by Gasteiger charge is -2.20. The van der Waals surface area contributed by atoms with Gasteiger partial charge in [-0.3, -0.25) is 9.59 Å². The van der Waals surface area contributed by atoms with E-state index in [0.29, 0.717) is 19.4 Å². The first-order valence-electron chi connectivity index (χ1n) is 32.8. The van der Waals surface area contributed by atoms with Crippen molar-refractivity contribution in [3.8, 4) is 0 Å². The van der Waals surface area contributed by atoms with Crippen LogP contribution in [0, 0.1) is 0 Å². The third-order valence-corrected chi connectivity index (χ3v) is 15.1. The molecule has 430 valence electrons. The molecule has 0 radical (unpaired) electrons. The summed E-state index contributed by atoms with van der Waals surface area (Å²) in [5, 5.41) is 23.2. The SMILES string of the molecule is CCCCCCCCC/C=C\CCCCCCCCCC(=O)OCCCCCCCCCCC/C=C\CCCCCCCCCC(=O)NC(CO)C(O)/C=C/CCCCCCCCCCCCCCCCCC. The lowest BCUT2D eigenvalue weighted by atomic mass is 10.0. The minimum Gasteiger partial charge on any atom is -0.466 e. The molecule has 0 saturated heterocycles. The number of unbranched alkanes of at least 4 members (excludes halogenated alkanes) is 46. The van der Waals surface area contributed by atoms with Crippen LogP contribution < -0.4 is 5.32 Å². The molecule has 0 fully saturated rings. The number of aliphatic hydroxyl groups is 2. The Hall–Kier alpha value is -1.92. The van der Waals surface area contributed by atoms with Crippen molar-refractivity contribution in [1.82, 2.24) is 5.32 Å². The van der Waals surface area contributed by atoms with E-state index < -0.39 is 12.1 Å². The zero-order valence-electron chi connectivity index (χ0n) is 49.1. The molecule has 0 aromatic carbocycles. The maximum absolute atomic E-state index is 12.5. The number of carbonyl (C=O) groups excluding carboxylic acids is 2. The second-order valence-corrected chi connectivity index (χ2v) is 22.4. The van der Waals surface area contributed by atoms with E-state index in [1.165, 1.54) is 276 Å². The third kappa shape index (κ3) is 59.2. The van der Waals surface area contributed by atoms with Gasteiger partial charge < -0.3 is 20.3 Å². The van der Waals surface area contributed by atoms with E-state index in [4.69, 9.17) is 4.74 Å². The van der Waals surface area contributed by atoms with Gasteiger partial charge in [0.25, 0.3) is 0 Å². The van der Waals surface area contributed by atoms with E-state index in [-0.39, 0.29) is 18.5 Å². The van der Waals surface area contributed by atoms with Crippen LogP contribution in [0.15, 0.2) is 36.5 Å². The summed E-state index contributed by atoms with van der Waals surface area (Å²) in [6.07, 6.45) is 79.0. The van der Waals surface area contributed by atoms with Gasteiger partial charge in [0.15, 0.2) is 0 Å². The highest BCUT2D eigenvalue weighted by atomic mass is 16.5. The average molecular weight is 1030 g/mol. The standard InChI is InChI=1S/C67H127NO5/c1-3-5-7-9-11-13-15-17-19-21-27-31-35-39-43-47-51-55-59-65(70)64(63-69)68-66(71)60-56-52-48-44-40-36-32-28-25-23-24-26-30-34-38-42-46-50-54-58-62-73-67(72)61-57-53-49-45-41-37-33-29-22-20-18-16-14-12-10-8-6-4-2/h20,22-23,25,55,59,64-65,69-70H,3-19,21,24,26-54,56-58,60-63H2,1-2H3,(H,68,71)/b22-20-,25-23-,59-55+. The molecule has 1 amide bonds. The predicted octanol–water partition coefficient (Wildman–Crippen LogP) is 20.8. The fourth-order valence-corrected chi connectivity index (χ4v) is 10.1. The van der Waals surface area contributed by atoms with Crippen LogP contribution in [0.4, 0.5) is 0 Å². The average Bonchev–Trinajstić information content (AvgIpc) is 3.39. The van der Waals surface area contributed by atoms with E-state index in [1.54, 1.807) is 6.08 Å². The van der Waals surface area contributed by atoms with Crippen molar-refractivity contribution in [2.45, 2.75) is 366 Å². The van der Waals surface area contributed by atoms with Gasteiger partial charge in [-0.1, -0.05) is 294 Å². The van der Waals surface area contributed by atoms with Crippen molar-refractivity contribution in [3.05, 3.63) is 36.5 Å². The smallest absolute Gasteiger partial charge is 0.305 e. The molecule has 0 heterocycles. The van der Waals surface area contributed by atoms with Crippen molar-refractivity contribution >= 4 is 11.9 Å². The van der Waals surface area contributed by atoms with Crippen molar-refractivity contribution in [3.63, 3.8) is 0 Å². The first kappa shape index (κ1) is 71.1. The van der Waals surface area contributed by atoms with Crippen LogP contribution >= 0.6 is 0 Å². The fraction of sp³-hybridized carbons (Fsp3) is 0.881. The Balaban J connectivity index is 3.45. The number of carbonyl (C=O) groups is 2. The fourth-order valence-electron chi connectivity index (χ4n) is 10.1. The molecule has 6 heteroatoms. The zero-order valence-corrected chi connectivity index (χ0v) is 49.1. The molecule has 73 heavy (non-hydrogen) atoms. The van der Waals surface area contributed by atoms with Crippen molar-refractivity contribution < 1.29 is 24.5 Å². The highest BCUT2D eigenvalue weighted by molar-refractivity contribution is 5.76. The van der Waals surface area contributed by atoms with Crippen LogP contribution in [-0.2, 0) is 14.3 Å². The second-order valence-electron chi connectivity index (χ2n) is 22.4. The van der Waals surface area contributed by atoms with E-state index >= 15 is 0 Å². The molecule has 0 saturated carbocycles. The molecule has 0 aliphatic carbocycles. The summed E-state index contributed by atoms with van der Waals surface area (Å²) in [7, 11) is 0. The quantitative estimate of drug-likeness (QED) is 0.0320. The molecule has 6 nitrogen and oxygen atoms in total. The van der Waals surface area contributed by atoms with Crippen LogP contribution in [0.3, 0.4) is 0 Å². The Kier molecular flexibility index (Phi) is 61.0. The second kappa shape index (κ2) is 62.6. The minimum absolute atomic E-state index is 0.00296. The number of hydrogen-bond donors (Lipinski definition) is 3. The van der Waals surface area contributed by atoms with E-state index in [1.807, 2.05) is 6.08 Å². The molecule has 2 unspecified atom stereocenters. The topological polar surface area (TPSA) is 95.9 Å². The summed E-state index contributed by atoms with van der Waals surface area (Å²) < 4.78 is 5.49. The summed E-state index contributed by atoms with van der Waals surface area (Å²) in [6.45, 7) is 4.91. The number of hydrogen-bond acceptors (Lipinski definition) is 5. The summed E-state index contributed by atoms with van der Waals surface area (Å²) in [6, 6.07) is -0.635. The van der Waals surface area contributed by atoms with Crippen molar-refractivity contribution in [2.24, 2.45) is 0 Å². The monoisotopic (exact) mass is 1030 g/mol. The highest BCUT2D eigenvalue weighted by Gasteiger charge is 2.18. The Morgan fingerprint density at radius 1 is 0.370 bits per heavy atom. The van der Waals surface area contributed by atoms with Crippen LogP contribution in [0.2, 0.25) is 0 Å². The van der Waals surface area contributed by atoms with E-state index in [0.717, 1.165) is 51.4 Å². The number of nitrogens with one attached hydrogen (secondary N) is 1. The number of allylic oxidation sites excluding steroid dienone is 5. The van der Waals surface area contributed by atoms with Crippen LogP contribution in [0.5, 0.6) is 0 Å². The minimum atomic E-state index is -0.851. The molecule has 0 aliphatic rings. The molecule has 0 rings (SSSR count). The molecule has 0 bridgehead atoms.